The van der Waals surface area contributed by atoms with Crippen molar-refractivity contribution in [2.75, 3.05) is 35.8 Å². The summed E-state index contributed by atoms with van der Waals surface area (Å²) in [6.07, 6.45) is 2.41. The Morgan fingerprint density at radius 3 is 2.44 bits per heavy atom. The second-order valence-electron chi connectivity index (χ2n) is 14.7. The zero-order valence-electron chi connectivity index (χ0n) is 31.1. The molecule has 3 fully saturated rings. The molecule has 0 bridgehead atoms. The van der Waals surface area contributed by atoms with Gasteiger partial charge in [-0.3, -0.25) is 42.7 Å². The van der Waals surface area contributed by atoms with Gasteiger partial charge in [-0.25, -0.2) is 18.2 Å². The van der Waals surface area contributed by atoms with Crippen molar-refractivity contribution in [3.8, 4) is 5.75 Å². The number of likely N-dealkylation sites (tertiary alicyclic amines) is 1. The average molecular weight is 800 g/mol. The Hall–Kier alpha value is -5.75. The molecule has 3 aliphatic rings. The highest BCUT2D eigenvalue weighted by molar-refractivity contribution is 8.24. The van der Waals surface area contributed by atoms with Gasteiger partial charge in [0.05, 0.1) is 11.0 Å². The third kappa shape index (κ3) is 7.58. The van der Waals surface area contributed by atoms with E-state index in [2.05, 4.69) is 20.3 Å². The first kappa shape index (κ1) is 38.1. The highest BCUT2D eigenvalue weighted by atomic mass is 32.3. The number of aromatic nitrogens is 2. The van der Waals surface area contributed by atoms with Crippen molar-refractivity contribution >= 4 is 67.8 Å². The molecule has 3 saturated heterocycles. The Kier molecular flexibility index (Phi) is 10.2. The van der Waals surface area contributed by atoms with Gasteiger partial charge in [0, 0.05) is 37.5 Å². The number of nitrogens with zero attached hydrogens (tertiary/aromatic N) is 4. The summed E-state index contributed by atoms with van der Waals surface area (Å²) in [5.74, 6) is -2.23. The van der Waals surface area contributed by atoms with Crippen LogP contribution in [0.15, 0.2) is 77.6 Å². The summed E-state index contributed by atoms with van der Waals surface area (Å²) in [5.41, 5.74) is 3.17. The molecule has 4 heterocycles. The number of amides is 4. The number of rotatable bonds is 10. The number of hydrogen-bond donors (Lipinski definition) is 5. The Labute approximate surface area is 328 Å². The molecule has 17 heteroatoms. The highest BCUT2D eigenvalue weighted by Gasteiger charge is 2.39. The molecule has 298 valence electrons. The van der Waals surface area contributed by atoms with Crippen LogP contribution in [0, 0.1) is 5.82 Å². The topological polar surface area (TPSA) is 187 Å². The predicted octanol–water partition coefficient (Wildman–Crippen LogP) is 4.91. The fourth-order valence-corrected chi connectivity index (χ4v) is 9.19. The lowest BCUT2D eigenvalue weighted by Gasteiger charge is -2.37. The average Bonchev–Trinajstić information content (AvgIpc) is 3.61. The summed E-state index contributed by atoms with van der Waals surface area (Å²) >= 11 is 0. The van der Waals surface area contributed by atoms with E-state index < -0.39 is 41.2 Å². The zero-order valence-corrected chi connectivity index (χ0v) is 31.9. The highest BCUT2D eigenvalue weighted by Crippen LogP contribution is 2.51. The summed E-state index contributed by atoms with van der Waals surface area (Å²) in [6, 6.07) is 20.6. The molecule has 0 saturated carbocycles. The third-order valence-electron chi connectivity index (χ3n) is 11.0. The van der Waals surface area contributed by atoms with Crippen molar-refractivity contribution in [3.05, 3.63) is 100 Å². The van der Waals surface area contributed by atoms with Crippen LogP contribution in [0.3, 0.4) is 0 Å². The van der Waals surface area contributed by atoms with E-state index in [0.29, 0.717) is 23.1 Å². The molecule has 4 amide bonds. The summed E-state index contributed by atoms with van der Waals surface area (Å²) < 4.78 is 49.4. The Balaban J connectivity index is 0.909. The summed E-state index contributed by atoms with van der Waals surface area (Å²) in [4.78, 5) is 64.9. The number of imide groups is 1. The third-order valence-corrected chi connectivity index (χ3v) is 12.4. The SMILES string of the molecule is Cn1c(=O)n(C2CCC(=O)NC2=O)c2ccc(C3CCN(CCC(=O)Nc4ccc5c(F)c(N6CC(=O)NS6(O)O)c(OCc6ccccc6)cc5c4)CC3)cc21. The molecular weight excluding hydrogens is 758 g/mol. The van der Waals surface area contributed by atoms with Crippen LogP contribution in [-0.4, -0.2) is 72.9 Å². The summed E-state index contributed by atoms with van der Waals surface area (Å²) in [5, 5.41) is 5.79. The van der Waals surface area contributed by atoms with Crippen molar-refractivity contribution in [1.82, 2.24) is 24.1 Å². The first-order chi connectivity index (χ1) is 27.4. The molecule has 1 atom stereocenters. The zero-order chi connectivity index (χ0) is 40.0. The molecule has 3 aliphatic heterocycles. The second kappa shape index (κ2) is 15.3. The molecule has 5 N–H and O–H groups in total. The van der Waals surface area contributed by atoms with E-state index in [1.807, 2.05) is 48.5 Å². The Morgan fingerprint density at radius 1 is 0.947 bits per heavy atom. The maximum absolute atomic E-state index is 16.2. The van der Waals surface area contributed by atoms with Gasteiger partial charge >= 0.3 is 5.69 Å². The fraction of sp³-hybridized carbons (Fsp3) is 0.325. The van der Waals surface area contributed by atoms with Crippen LogP contribution < -0.4 is 30.1 Å². The number of carbonyl (C=O) groups excluding carboxylic acids is 4. The van der Waals surface area contributed by atoms with E-state index in [0.717, 1.165) is 46.9 Å². The number of nitrogens with one attached hydrogen (secondary N) is 3. The predicted molar refractivity (Wildman–Crippen MR) is 213 cm³/mol. The largest absolute Gasteiger partial charge is 0.487 e. The molecule has 1 unspecified atom stereocenters. The number of anilines is 2. The van der Waals surface area contributed by atoms with Crippen LogP contribution in [0.4, 0.5) is 15.8 Å². The molecule has 0 spiro atoms. The smallest absolute Gasteiger partial charge is 0.329 e. The van der Waals surface area contributed by atoms with E-state index >= 15 is 4.39 Å². The number of hydrogen-bond acceptors (Lipinski definition) is 10. The van der Waals surface area contributed by atoms with Gasteiger partial charge in [-0.05, 0) is 102 Å². The van der Waals surface area contributed by atoms with Crippen LogP contribution in [0.5, 0.6) is 5.75 Å². The lowest BCUT2D eigenvalue weighted by Crippen LogP contribution is -2.44. The molecular formula is C40H42FN7O8S. The maximum atomic E-state index is 16.2. The molecule has 57 heavy (non-hydrogen) atoms. The normalized spacial score (nSPS) is 19.5. The minimum absolute atomic E-state index is 0.00167. The van der Waals surface area contributed by atoms with Crippen molar-refractivity contribution in [2.24, 2.45) is 7.05 Å². The Morgan fingerprint density at radius 2 is 1.72 bits per heavy atom. The summed E-state index contributed by atoms with van der Waals surface area (Å²) in [7, 11) is -2.15. The Bertz CT molecular complexity index is 2480. The van der Waals surface area contributed by atoms with Gasteiger partial charge in [0.1, 0.15) is 30.6 Å². The number of ether oxygens (including phenoxy) is 1. The molecule has 0 aliphatic carbocycles. The fourth-order valence-electron chi connectivity index (χ4n) is 7.99. The van der Waals surface area contributed by atoms with Crippen molar-refractivity contribution < 1.29 is 37.4 Å². The maximum Gasteiger partial charge on any atom is 0.329 e. The molecule has 4 aromatic carbocycles. The number of aryl methyl sites for hydroxylation is 1. The number of benzene rings is 4. The van der Waals surface area contributed by atoms with Gasteiger partial charge in [-0.15, -0.1) is 0 Å². The van der Waals surface area contributed by atoms with Gasteiger partial charge in [0.25, 0.3) is 5.91 Å². The minimum atomic E-state index is -3.84. The van der Waals surface area contributed by atoms with Crippen LogP contribution in [-0.2, 0) is 32.8 Å². The quantitative estimate of drug-likeness (QED) is 0.122. The van der Waals surface area contributed by atoms with E-state index in [1.165, 1.54) is 10.6 Å². The number of halogens is 1. The van der Waals surface area contributed by atoms with Gasteiger partial charge in [-0.2, -0.15) is 0 Å². The van der Waals surface area contributed by atoms with Crippen molar-refractivity contribution in [1.29, 1.82) is 0 Å². The number of piperidine rings is 2. The lowest BCUT2D eigenvalue weighted by atomic mass is 9.89. The van der Waals surface area contributed by atoms with Gasteiger partial charge < -0.3 is 15.0 Å². The lowest BCUT2D eigenvalue weighted by molar-refractivity contribution is -0.135. The van der Waals surface area contributed by atoms with Crippen LogP contribution in [0.2, 0.25) is 0 Å². The minimum Gasteiger partial charge on any atom is -0.487 e. The van der Waals surface area contributed by atoms with Crippen LogP contribution in [0.25, 0.3) is 21.8 Å². The van der Waals surface area contributed by atoms with Gasteiger partial charge in [0.15, 0.2) is 5.82 Å². The van der Waals surface area contributed by atoms with Crippen LogP contribution in [0.1, 0.15) is 55.2 Å². The molecule has 8 rings (SSSR count). The van der Waals surface area contributed by atoms with Crippen LogP contribution >= 0.6 is 11.0 Å². The van der Waals surface area contributed by atoms with Gasteiger partial charge in [0.2, 0.25) is 17.7 Å². The number of fused-ring (bicyclic) bond motifs is 2. The van der Waals surface area contributed by atoms with E-state index in [1.54, 1.807) is 29.8 Å². The molecule has 0 radical (unpaired) electrons. The second-order valence-corrected chi connectivity index (χ2v) is 16.4. The monoisotopic (exact) mass is 799 g/mol. The van der Waals surface area contributed by atoms with Gasteiger partial charge in [-0.1, -0.05) is 36.4 Å². The number of carbonyl (C=O) groups is 4. The molecule has 1 aromatic heterocycles. The summed E-state index contributed by atoms with van der Waals surface area (Å²) in [6.45, 7) is 1.67. The molecule has 15 nitrogen and oxygen atoms in total. The number of imidazole rings is 1. The van der Waals surface area contributed by atoms with E-state index in [9.17, 15) is 33.1 Å². The van der Waals surface area contributed by atoms with Crippen molar-refractivity contribution in [3.63, 3.8) is 0 Å². The van der Waals surface area contributed by atoms with E-state index in [4.69, 9.17) is 4.74 Å². The van der Waals surface area contributed by atoms with E-state index in [-0.39, 0.29) is 66.1 Å². The van der Waals surface area contributed by atoms with Crippen molar-refractivity contribution in [2.45, 2.75) is 50.7 Å². The first-order valence-electron chi connectivity index (χ1n) is 18.7. The first-order valence-corrected chi connectivity index (χ1v) is 20.2. The standard InChI is InChI=1S/C40H42FN7O8S/c1-45-32-20-26(7-10-30(32)48(40(45)53)31-11-12-34(49)43-39(31)52)25-13-16-46(17-14-25)18-15-35(50)42-28-8-9-29-27(19-28)21-33(56-23-24-5-3-2-4-6-24)38(37(29)41)47-22-36(51)44-57(47,54)55/h2-10,19-21,25,31,54-55H,11-18,22-23H2,1H3,(H,42,50)(H,44,51)(H,43,49,52). The molecule has 5 aromatic rings.